The van der Waals surface area contributed by atoms with E-state index in [1.54, 1.807) is 18.9 Å². The van der Waals surface area contributed by atoms with Gasteiger partial charge >= 0.3 is 0 Å². The zero-order valence-electron chi connectivity index (χ0n) is 16.2. The van der Waals surface area contributed by atoms with Gasteiger partial charge in [0, 0.05) is 23.6 Å². The molecule has 1 aromatic carbocycles. The van der Waals surface area contributed by atoms with E-state index in [9.17, 15) is 13.2 Å². The van der Waals surface area contributed by atoms with E-state index in [1.165, 1.54) is 15.2 Å². The number of nitrogens with two attached hydrogens (primary N) is 2. The van der Waals surface area contributed by atoms with Crippen LogP contribution in [0.3, 0.4) is 0 Å². The number of nitrogen functional groups attached to an aromatic ring is 1. The van der Waals surface area contributed by atoms with Gasteiger partial charge in [-0.25, -0.2) is 13.1 Å². The molecule has 2 atom stereocenters. The first-order chi connectivity index (χ1) is 13.7. The number of ether oxygens (including phenoxy) is 1. The summed E-state index contributed by atoms with van der Waals surface area (Å²) in [5.41, 5.74) is 12.1. The van der Waals surface area contributed by atoms with Crippen LogP contribution in [0.2, 0.25) is 0 Å². The molecule has 0 saturated carbocycles. The lowest BCUT2D eigenvalue weighted by atomic mass is 10.2. The smallest absolute Gasteiger partial charge is 0.273 e. The highest BCUT2D eigenvalue weighted by molar-refractivity contribution is 7.99. The number of carbonyl (C=O) groups excluding carboxylic acids is 1. The number of nitrogens with zero attached hydrogens (tertiary/aromatic N) is 4. The van der Waals surface area contributed by atoms with Crippen molar-refractivity contribution in [2.45, 2.75) is 30.0 Å². The Labute approximate surface area is 173 Å². The Morgan fingerprint density at radius 1 is 1.34 bits per heavy atom. The van der Waals surface area contributed by atoms with E-state index in [0.29, 0.717) is 13.0 Å². The molecule has 1 saturated heterocycles. The number of thioether (sulfide) groups is 1. The lowest BCUT2D eigenvalue weighted by molar-refractivity contribution is 0.0996. The second-order valence-electron chi connectivity index (χ2n) is 6.87. The van der Waals surface area contributed by atoms with Crippen molar-refractivity contribution in [2.24, 2.45) is 5.73 Å². The Kier molecular flexibility index (Phi) is 6.34. The number of methoxy groups -OCH3 is 1. The van der Waals surface area contributed by atoms with Gasteiger partial charge in [0.1, 0.15) is 5.75 Å². The van der Waals surface area contributed by atoms with Crippen LogP contribution in [0.4, 0.5) is 5.82 Å². The Bertz CT molecular complexity index is 976. The van der Waals surface area contributed by atoms with E-state index in [2.05, 4.69) is 10.3 Å². The largest absolute Gasteiger partial charge is 0.497 e. The number of amides is 1. The molecule has 1 aliphatic rings. The lowest BCUT2D eigenvalue weighted by Gasteiger charge is -2.21. The Balaban J connectivity index is 1.69. The van der Waals surface area contributed by atoms with Crippen molar-refractivity contribution in [3.05, 3.63) is 35.5 Å². The minimum absolute atomic E-state index is 0.0419. The first kappa shape index (κ1) is 21.4. The first-order valence-corrected chi connectivity index (χ1v) is 11.8. The Morgan fingerprint density at radius 2 is 2.03 bits per heavy atom. The molecular weight excluding hydrogens is 416 g/mol. The van der Waals surface area contributed by atoms with Crippen LogP contribution >= 0.6 is 11.8 Å². The van der Waals surface area contributed by atoms with Gasteiger partial charge in [-0.15, -0.1) is 5.10 Å². The third-order valence-electron chi connectivity index (χ3n) is 4.79. The molecule has 0 aliphatic carbocycles. The number of aromatic nitrogens is 3. The molecule has 1 amide bonds. The molecule has 0 radical (unpaired) electrons. The minimum atomic E-state index is -3.41. The molecule has 10 nitrogen and oxygen atoms in total. The topological polar surface area (TPSA) is 146 Å². The number of sulfonamides is 1. The Hall–Kier alpha value is -2.31. The maximum atomic E-state index is 12.3. The fraction of sp³-hybridized carbons (Fsp3) is 0.471. The highest BCUT2D eigenvalue weighted by atomic mass is 32.2. The van der Waals surface area contributed by atoms with Crippen molar-refractivity contribution in [3.63, 3.8) is 0 Å². The van der Waals surface area contributed by atoms with Gasteiger partial charge in [-0.05, 0) is 24.1 Å². The predicted molar refractivity (Wildman–Crippen MR) is 111 cm³/mol. The first-order valence-electron chi connectivity index (χ1n) is 8.89. The van der Waals surface area contributed by atoms with E-state index >= 15 is 0 Å². The molecule has 158 valence electrons. The molecule has 0 bridgehead atoms. The van der Waals surface area contributed by atoms with Crippen molar-refractivity contribution in [1.29, 1.82) is 0 Å². The van der Waals surface area contributed by atoms with Crippen LogP contribution in [0.5, 0.6) is 5.75 Å². The van der Waals surface area contributed by atoms with Gasteiger partial charge in [-0.2, -0.15) is 16.1 Å². The van der Waals surface area contributed by atoms with Gasteiger partial charge in [0.15, 0.2) is 11.5 Å². The van der Waals surface area contributed by atoms with Crippen molar-refractivity contribution in [3.8, 4) is 5.75 Å². The molecule has 1 fully saturated rings. The average molecular weight is 441 g/mol. The van der Waals surface area contributed by atoms with Gasteiger partial charge in [0.2, 0.25) is 10.0 Å². The molecule has 4 N–H and O–H groups in total. The second kappa shape index (κ2) is 8.59. The number of hydrogen-bond acceptors (Lipinski definition) is 8. The monoisotopic (exact) mass is 440 g/mol. The molecule has 0 unspecified atom stereocenters. The maximum Gasteiger partial charge on any atom is 0.273 e. The molecule has 2 heterocycles. The van der Waals surface area contributed by atoms with Crippen LogP contribution in [-0.4, -0.2) is 64.8 Å². The van der Waals surface area contributed by atoms with E-state index in [4.69, 9.17) is 16.2 Å². The summed E-state index contributed by atoms with van der Waals surface area (Å²) < 4.78 is 32.5. The number of hydrogen-bond donors (Lipinski definition) is 2. The summed E-state index contributed by atoms with van der Waals surface area (Å²) in [7, 11) is -1.79. The minimum Gasteiger partial charge on any atom is -0.497 e. The number of primary amides is 1. The Morgan fingerprint density at radius 3 is 2.59 bits per heavy atom. The maximum absolute atomic E-state index is 12.3. The zero-order chi connectivity index (χ0) is 21.2. The highest BCUT2D eigenvalue weighted by Crippen LogP contribution is 2.32. The summed E-state index contributed by atoms with van der Waals surface area (Å²) in [6.07, 6.45) is 1.83. The zero-order valence-corrected chi connectivity index (χ0v) is 17.8. The molecule has 12 heteroatoms. The predicted octanol–water partition coefficient (Wildman–Crippen LogP) is 0.304. The van der Waals surface area contributed by atoms with Crippen LogP contribution in [0.15, 0.2) is 24.3 Å². The summed E-state index contributed by atoms with van der Waals surface area (Å²) in [4.78, 5) is 11.3. The van der Waals surface area contributed by atoms with Gasteiger partial charge in [0.05, 0.1) is 19.9 Å². The quantitative estimate of drug-likeness (QED) is 0.596. The van der Waals surface area contributed by atoms with Gasteiger partial charge in [-0.3, -0.25) is 4.79 Å². The normalized spacial score (nSPS) is 20.1. The van der Waals surface area contributed by atoms with Crippen molar-refractivity contribution >= 4 is 33.5 Å². The number of anilines is 1. The SMILES string of the molecule is COc1ccc(CS[C@@H]2C[C@@H](Cn3nnc(C(N)=O)c3N)N(S(C)(=O)=O)C2)cc1. The fourth-order valence-corrected chi connectivity index (χ4v) is 5.79. The van der Waals surface area contributed by atoms with Crippen molar-refractivity contribution in [1.82, 2.24) is 19.3 Å². The molecule has 29 heavy (non-hydrogen) atoms. The molecule has 1 aromatic heterocycles. The van der Waals surface area contributed by atoms with Gasteiger partial charge < -0.3 is 16.2 Å². The third-order valence-corrected chi connectivity index (χ3v) is 7.40. The summed E-state index contributed by atoms with van der Waals surface area (Å²) in [5, 5.41) is 7.66. The summed E-state index contributed by atoms with van der Waals surface area (Å²) in [5.74, 6) is 0.827. The number of benzene rings is 1. The standard InChI is InChI=1S/C17H24N6O4S2/c1-27-13-5-3-11(4-6-13)10-28-14-7-12(23(9-14)29(2,25)26)8-22-16(18)15(17(19)24)20-21-22/h3-6,12,14H,7-10,18H2,1-2H3,(H2,19,24)/t12-,14+/m0/s1. The molecule has 2 aromatic rings. The summed E-state index contributed by atoms with van der Waals surface area (Å²) in [6.45, 7) is 0.611. The van der Waals surface area contributed by atoms with Crippen molar-refractivity contribution in [2.75, 3.05) is 25.6 Å². The van der Waals surface area contributed by atoms with E-state index in [-0.39, 0.29) is 29.3 Å². The van der Waals surface area contributed by atoms with E-state index in [1.807, 2.05) is 24.3 Å². The van der Waals surface area contributed by atoms with Gasteiger partial charge in [-0.1, -0.05) is 17.3 Å². The number of carbonyl (C=O) groups is 1. The third kappa shape index (κ3) is 5.00. The van der Waals surface area contributed by atoms with Crippen LogP contribution in [-0.2, 0) is 22.3 Å². The summed E-state index contributed by atoms with van der Waals surface area (Å²) >= 11 is 1.70. The van der Waals surface area contributed by atoms with Crippen LogP contribution < -0.4 is 16.2 Å². The number of rotatable bonds is 8. The average Bonchev–Trinajstić information content (AvgIpc) is 3.24. The fourth-order valence-electron chi connectivity index (χ4n) is 3.30. The molecule has 1 aliphatic heterocycles. The van der Waals surface area contributed by atoms with E-state index < -0.39 is 15.9 Å². The second-order valence-corrected chi connectivity index (χ2v) is 10.1. The highest BCUT2D eigenvalue weighted by Gasteiger charge is 2.38. The van der Waals surface area contributed by atoms with Crippen molar-refractivity contribution < 1.29 is 17.9 Å². The van der Waals surface area contributed by atoms with Crippen LogP contribution in [0.1, 0.15) is 22.5 Å². The summed E-state index contributed by atoms with van der Waals surface area (Å²) in [6, 6.07) is 7.46. The molecular formula is C17H24N6O4S2. The van der Waals surface area contributed by atoms with Gasteiger partial charge in [0.25, 0.3) is 5.91 Å². The lowest BCUT2D eigenvalue weighted by Crippen LogP contribution is -2.38. The van der Waals surface area contributed by atoms with Crippen LogP contribution in [0.25, 0.3) is 0 Å². The van der Waals surface area contributed by atoms with E-state index in [0.717, 1.165) is 17.1 Å². The molecule has 3 rings (SSSR count). The molecule has 0 spiro atoms. The van der Waals surface area contributed by atoms with Crippen LogP contribution in [0, 0.1) is 0 Å².